The number of H-pyrrole nitrogens is 1. The number of nitrogens with one attached hydrogen (secondary N) is 2. The van der Waals surface area contributed by atoms with Crippen molar-refractivity contribution in [2.45, 2.75) is 18.9 Å². The monoisotopic (exact) mass is 255 g/mol. The summed E-state index contributed by atoms with van der Waals surface area (Å²) in [5.41, 5.74) is 1.08. The summed E-state index contributed by atoms with van der Waals surface area (Å²) < 4.78 is 27.9. The van der Waals surface area contributed by atoms with Gasteiger partial charge in [0.1, 0.15) is 5.82 Å². The molecule has 0 aliphatic rings. The number of sulfonamides is 1. The number of rotatable bonds is 3. The molecule has 0 unspecified atom stereocenters. The Morgan fingerprint density at radius 2 is 2.12 bits per heavy atom. The summed E-state index contributed by atoms with van der Waals surface area (Å²) in [4.78, 5) is 6.53. The van der Waals surface area contributed by atoms with Crippen LogP contribution in [-0.2, 0) is 17.1 Å². The fourth-order valence-corrected chi connectivity index (χ4v) is 2.51. The number of hydrogen-bond donors (Lipinski definition) is 2. The first kappa shape index (κ1) is 11.6. The SMILES string of the molecule is Cc1ncc(S(=O)(=O)Nc2cn(C)nc2C)[nH]1. The molecule has 0 saturated carbocycles. The first-order chi connectivity index (χ1) is 7.88. The van der Waals surface area contributed by atoms with Gasteiger partial charge in [-0.1, -0.05) is 0 Å². The summed E-state index contributed by atoms with van der Waals surface area (Å²) in [6, 6.07) is 0. The van der Waals surface area contributed by atoms with Crippen molar-refractivity contribution in [3.05, 3.63) is 23.9 Å². The van der Waals surface area contributed by atoms with Gasteiger partial charge in [0.2, 0.25) is 0 Å². The summed E-state index contributed by atoms with van der Waals surface area (Å²) in [5, 5.41) is 4.10. The van der Waals surface area contributed by atoms with E-state index in [1.165, 1.54) is 6.20 Å². The maximum atomic E-state index is 12.0. The van der Waals surface area contributed by atoms with Crippen molar-refractivity contribution in [1.82, 2.24) is 19.7 Å². The lowest BCUT2D eigenvalue weighted by Crippen LogP contribution is -2.13. The fourth-order valence-electron chi connectivity index (χ4n) is 1.43. The Kier molecular flexibility index (Phi) is 2.66. The zero-order valence-electron chi connectivity index (χ0n) is 9.72. The van der Waals surface area contributed by atoms with Crippen LogP contribution in [0.3, 0.4) is 0 Å². The molecular formula is C9H13N5O2S. The Morgan fingerprint density at radius 3 is 2.59 bits per heavy atom. The van der Waals surface area contributed by atoms with Gasteiger partial charge in [-0.15, -0.1) is 0 Å². The van der Waals surface area contributed by atoms with Gasteiger partial charge in [0, 0.05) is 13.2 Å². The van der Waals surface area contributed by atoms with Crippen LogP contribution in [0.1, 0.15) is 11.5 Å². The lowest BCUT2D eigenvalue weighted by atomic mass is 10.4. The van der Waals surface area contributed by atoms with E-state index >= 15 is 0 Å². The van der Waals surface area contributed by atoms with Gasteiger partial charge in [0.05, 0.1) is 17.6 Å². The van der Waals surface area contributed by atoms with Crippen molar-refractivity contribution in [1.29, 1.82) is 0 Å². The molecule has 0 atom stereocenters. The van der Waals surface area contributed by atoms with Crippen LogP contribution in [0, 0.1) is 13.8 Å². The van der Waals surface area contributed by atoms with E-state index in [-0.39, 0.29) is 5.03 Å². The predicted octanol–water partition coefficient (Wildman–Crippen LogP) is 0.561. The quantitative estimate of drug-likeness (QED) is 0.838. The summed E-state index contributed by atoms with van der Waals surface area (Å²) >= 11 is 0. The van der Waals surface area contributed by atoms with Gasteiger partial charge in [-0.2, -0.15) is 13.5 Å². The molecule has 8 heteroatoms. The minimum Gasteiger partial charge on any atom is -0.332 e. The summed E-state index contributed by atoms with van der Waals surface area (Å²) in [6.45, 7) is 3.42. The number of imidazole rings is 1. The minimum atomic E-state index is -3.62. The topological polar surface area (TPSA) is 92.7 Å². The first-order valence-electron chi connectivity index (χ1n) is 4.93. The molecule has 17 heavy (non-hydrogen) atoms. The minimum absolute atomic E-state index is 0.0400. The van der Waals surface area contributed by atoms with Crippen molar-refractivity contribution < 1.29 is 8.42 Å². The molecule has 0 radical (unpaired) electrons. The maximum Gasteiger partial charge on any atom is 0.279 e. The summed E-state index contributed by atoms with van der Waals surface area (Å²) in [7, 11) is -1.90. The maximum absolute atomic E-state index is 12.0. The van der Waals surface area contributed by atoms with Gasteiger partial charge in [-0.3, -0.25) is 9.40 Å². The van der Waals surface area contributed by atoms with E-state index in [1.807, 2.05) is 0 Å². The third-order valence-electron chi connectivity index (χ3n) is 2.23. The van der Waals surface area contributed by atoms with Gasteiger partial charge >= 0.3 is 0 Å². The van der Waals surface area contributed by atoms with Crippen LogP contribution >= 0.6 is 0 Å². The predicted molar refractivity (Wildman–Crippen MR) is 62.1 cm³/mol. The Morgan fingerprint density at radius 1 is 1.41 bits per heavy atom. The standard InChI is InChI=1S/C9H13N5O2S/c1-6-8(5-14(3)12-6)13-17(15,16)9-4-10-7(2)11-9/h4-5,13H,1-3H3,(H,10,11). The third kappa shape index (κ3) is 2.31. The fraction of sp³-hybridized carbons (Fsp3) is 0.333. The van der Waals surface area contributed by atoms with Crippen LogP contribution in [0.4, 0.5) is 5.69 Å². The Balaban J connectivity index is 2.32. The smallest absolute Gasteiger partial charge is 0.279 e. The Labute approximate surface area is 98.9 Å². The lowest BCUT2D eigenvalue weighted by Gasteiger charge is -2.03. The number of aromatic nitrogens is 4. The van der Waals surface area contributed by atoms with E-state index in [4.69, 9.17) is 0 Å². The molecule has 92 valence electrons. The van der Waals surface area contributed by atoms with Crippen LogP contribution < -0.4 is 4.72 Å². The van der Waals surface area contributed by atoms with Crippen molar-refractivity contribution in [3.63, 3.8) is 0 Å². The number of anilines is 1. The van der Waals surface area contributed by atoms with Crippen LogP contribution in [0.5, 0.6) is 0 Å². The van der Waals surface area contributed by atoms with Gasteiger partial charge in [-0.25, -0.2) is 4.98 Å². The normalized spacial score (nSPS) is 11.7. The molecule has 2 N–H and O–H groups in total. The molecule has 0 bridgehead atoms. The molecule has 0 amide bonds. The van der Waals surface area contributed by atoms with E-state index in [0.717, 1.165) is 0 Å². The zero-order chi connectivity index (χ0) is 12.6. The second kappa shape index (κ2) is 3.88. The molecule has 0 fully saturated rings. The largest absolute Gasteiger partial charge is 0.332 e. The molecule has 2 heterocycles. The molecular weight excluding hydrogens is 242 g/mol. The molecule has 0 aromatic carbocycles. The van der Waals surface area contributed by atoms with E-state index < -0.39 is 10.0 Å². The molecule has 0 aliphatic carbocycles. The number of nitrogens with zero attached hydrogens (tertiary/aromatic N) is 3. The average Bonchev–Trinajstić information content (AvgIpc) is 2.74. The highest BCUT2D eigenvalue weighted by molar-refractivity contribution is 7.92. The van der Waals surface area contributed by atoms with Gasteiger partial charge in [-0.05, 0) is 13.8 Å². The second-order valence-electron chi connectivity index (χ2n) is 3.74. The van der Waals surface area contributed by atoms with Crippen LogP contribution in [0.2, 0.25) is 0 Å². The van der Waals surface area contributed by atoms with Crippen molar-refractivity contribution in [3.8, 4) is 0 Å². The van der Waals surface area contributed by atoms with Gasteiger partial charge < -0.3 is 4.98 Å². The van der Waals surface area contributed by atoms with E-state index in [0.29, 0.717) is 17.2 Å². The summed E-state index contributed by atoms with van der Waals surface area (Å²) in [5.74, 6) is 0.549. The van der Waals surface area contributed by atoms with Crippen molar-refractivity contribution in [2.75, 3.05) is 4.72 Å². The number of aromatic amines is 1. The highest BCUT2D eigenvalue weighted by atomic mass is 32.2. The molecule has 2 aromatic rings. The Bertz CT molecular complexity index is 640. The van der Waals surface area contributed by atoms with Crippen LogP contribution in [0.15, 0.2) is 17.4 Å². The molecule has 2 rings (SSSR count). The highest BCUT2D eigenvalue weighted by Gasteiger charge is 2.18. The Hall–Kier alpha value is -1.83. The van der Waals surface area contributed by atoms with Crippen LogP contribution in [0.25, 0.3) is 0 Å². The molecule has 0 spiro atoms. The average molecular weight is 255 g/mol. The third-order valence-corrected chi connectivity index (χ3v) is 3.50. The lowest BCUT2D eigenvalue weighted by molar-refractivity contribution is 0.598. The van der Waals surface area contributed by atoms with E-state index in [1.54, 1.807) is 31.8 Å². The second-order valence-corrected chi connectivity index (χ2v) is 5.39. The van der Waals surface area contributed by atoms with Gasteiger partial charge in [0.25, 0.3) is 10.0 Å². The number of hydrogen-bond acceptors (Lipinski definition) is 4. The van der Waals surface area contributed by atoms with Crippen LogP contribution in [-0.4, -0.2) is 28.2 Å². The van der Waals surface area contributed by atoms with Crippen molar-refractivity contribution in [2.24, 2.45) is 7.05 Å². The molecule has 2 aromatic heterocycles. The van der Waals surface area contributed by atoms with E-state index in [2.05, 4.69) is 19.8 Å². The van der Waals surface area contributed by atoms with Gasteiger partial charge in [0.15, 0.2) is 5.03 Å². The highest BCUT2D eigenvalue weighted by Crippen LogP contribution is 2.16. The molecule has 0 aliphatic heterocycles. The first-order valence-corrected chi connectivity index (χ1v) is 6.41. The summed E-state index contributed by atoms with van der Waals surface area (Å²) in [6.07, 6.45) is 2.89. The number of aryl methyl sites for hydroxylation is 3. The molecule has 0 saturated heterocycles. The van der Waals surface area contributed by atoms with E-state index in [9.17, 15) is 8.42 Å². The zero-order valence-corrected chi connectivity index (χ0v) is 10.5. The van der Waals surface area contributed by atoms with Crippen molar-refractivity contribution >= 4 is 15.7 Å². The molecule has 7 nitrogen and oxygen atoms in total.